The van der Waals surface area contributed by atoms with Crippen LogP contribution in [0.2, 0.25) is 0 Å². The summed E-state index contributed by atoms with van der Waals surface area (Å²) in [4.78, 5) is 16.0. The number of carbonyl (C=O) groups excluding carboxylic acids is 1. The highest BCUT2D eigenvalue weighted by Gasteiger charge is 2.15. The number of aromatic nitrogens is 1. The minimum atomic E-state index is -0.0797. The maximum absolute atomic E-state index is 12.0. The molecule has 1 rings (SSSR count). The molecule has 1 aromatic heterocycles. The van der Waals surface area contributed by atoms with E-state index in [0.29, 0.717) is 12.1 Å². The molecule has 2 N–H and O–H groups in total. The topological polar surface area (TPSA) is 54.0 Å². The van der Waals surface area contributed by atoms with Crippen LogP contribution in [0.25, 0.3) is 0 Å². The smallest absolute Gasteiger partial charge is 0.254 e. The Morgan fingerprint density at radius 2 is 2.12 bits per heavy atom. The molecule has 0 bridgehead atoms. The molecule has 1 aromatic rings. The lowest BCUT2D eigenvalue weighted by atomic mass is 9.97. The summed E-state index contributed by atoms with van der Waals surface area (Å²) in [5.41, 5.74) is 1.50. The lowest BCUT2D eigenvalue weighted by Gasteiger charge is -2.19. The predicted molar refractivity (Wildman–Crippen MR) is 70.2 cm³/mol. The molecule has 4 nitrogen and oxygen atoms in total. The Hall–Kier alpha value is -1.58. The Labute approximate surface area is 103 Å². The second kappa shape index (κ2) is 5.66. The fourth-order valence-electron chi connectivity index (χ4n) is 1.36. The van der Waals surface area contributed by atoms with E-state index in [0.717, 1.165) is 12.2 Å². The van der Waals surface area contributed by atoms with Crippen molar-refractivity contribution in [3.05, 3.63) is 24.0 Å². The SMILES string of the molecule is CCNc1ccncc1C(=O)NCC(C)(C)C. The highest BCUT2D eigenvalue weighted by molar-refractivity contribution is 5.99. The Bertz CT molecular complexity index is 382. The van der Waals surface area contributed by atoms with E-state index in [9.17, 15) is 4.79 Å². The molecule has 0 aliphatic carbocycles. The molecule has 1 heterocycles. The van der Waals surface area contributed by atoms with E-state index < -0.39 is 0 Å². The van der Waals surface area contributed by atoms with E-state index in [2.05, 4.69) is 36.4 Å². The zero-order valence-electron chi connectivity index (χ0n) is 11.0. The van der Waals surface area contributed by atoms with Gasteiger partial charge in [-0.15, -0.1) is 0 Å². The van der Waals surface area contributed by atoms with E-state index in [1.807, 2.05) is 13.0 Å². The van der Waals surface area contributed by atoms with Crippen LogP contribution >= 0.6 is 0 Å². The van der Waals surface area contributed by atoms with Crippen LogP contribution in [-0.2, 0) is 0 Å². The molecule has 0 unspecified atom stereocenters. The second-order valence-corrected chi connectivity index (χ2v) is 5.19. The maximum atomic E-state index is 12.0. The van der Waals surface area contributed by atoms with Crippen molar-refractivity contribution in [2.75, 3.05) is 18.4 Å². The van der Waals surface area contributed by atoms with Gasteiger partial charge in [-0.1, -0.05) is 20.8 Å². The maximum Gasteiger partial charge on any atom is 0.254 e. The van der Waals surface area contributed by atoms with E-state index >= 15 is 0 Å². The number of amides is 1. The largest absolute Gasteiger partial charge is 0.385 e. The molecule has 4 heteroatoms. The first-order chi connectivity index (χ1) is 7.94. The number of nitrogens with one attached hydrogen (secondary N) is 2. The van der Waals surface area contributed by atoms with Gasteiger partial charge in [0.15, 0.2) is 0 Å². The third-order valence-corrected chi connectivity index (χ3v) is 2.21. The normalized spacial score (nSPS) is 11.1. The molecule has 1 amide bonds. The molecule has 0 spiro atoms. The number of pyridine rings is 1. The van der Waals surface area contributed by atoms with Crippen molar-refractivity contribution >= 4 is 11.6 Å². The van der Waals surface area contributed by atoms with E-state index in [-0.39, 0.29) is 11.3 Å². The number of rotatable bonds is 4. The van der Waals surface area contributed by atoms with Crippen LogP contribution in [0.3, 0.4) is 0 Å². The van der Waals surface area contributed by atoms with E-state index in [1.54, 1.807) is 12.4 Å². The number of carbonyl (C=O) groups is 1. The van der Waals surface area contributed by atoms with E-state index in [1.165, 1.54) is 0 Å². The van der Waals surface area contributed by atoms with Gasteiger partial charge in [0.05, 0.1) is 11.3 Å². The van der Waals surface area contributed by atoms with Crippen molar-refractivity contribution in [1.29, 1.82) is 0 Å². The first-order valence-corrected chi connectivity index (χ1v) is 5.90. The quantitative estimate of drug-likeness (QED) is 0.842. The summed E-state index contributed by atoms with van der Waals surface area (Å²) in [6.07, 6.45) is 3.27. The fraction of sp³-hybridized carbons (Fsp3) is 0.538. The summed E-state index contributed by atoms with van der Waals surface area (Å²) < 4.78 is 0. The Morgan fingerprint density at radius 1 is 1.41 bits per heavy atom. The number of hydrogen-bond acceptors (Lipinski definition) is 3. The second-order valence-electron chi connectivity index (χ2n) is 5.19. The minimum Gasteiger partial charge on any atom is -0.385 e. The van der Waals surface area contributed by atoms with Crippen LogP contribution in [0.15, 0.2) is 18.5 Å². The zero-order valence-corrected chi connectivity index (χ0v) is 11.0. The van der Waals surface area contributed by atoms with Crippen molar-refractivity contribution in [1.82, 2.24) is 10.3 Å². The predicted octanol–water partition coefficient (Wildman–Crippen LogP) is 2.29. The van der Waals surface area contributed by atoms with Gasteiger partial charge in [-0.05, 0) is 18.4 Å². The van der Waals surface area contributed by atoms with Crippen LogP contribution in [0.1, 0.15) is 38.1 Å². The average molecular weight is 235 g/mol. The monoisotopic (exact) mass is 235 g/mol. The van der Waals surface area contributed by atoms with Crippen LogP contribution in [-0.4, -0.2) is 24.0 Å². The van der Waals surface area contributed by atoms with Crippen molar-refractivity contribution < 1.29 is 4.79 Å². The summed E-state index contributed by atoms with van der Waals surface area (Å²) in [6.45, 7) is 9.68. The molecule has 94 valence electrons. The van der Waals surface area contributed by atoms with Gasteiger partial charge in [0.25, 0.3) is 5.91 Å². The van der Waals surface area contributed by atoms with Crippen LogP contribution in [0.5, 0.6) is 0 Å². The van der Waals surface area contributed by atoms with Gasteiger partial charge < -0.3 is 10.6 Å². The molecule has 0 saturated carbocycles. The first kappa shape index (κ1) is 13.5. The fourth-order valence-corrected chi connectivity index (χ4v) is 1.36. The molecule has 0 fully saturated rings. The van der Waals surface area contributed by atoms with Crippen LogP contribution in [0.4, 0.5) is 5.69 Å². The Kier molecular flexibility index (Phi) is 4.49. The van der Waals surface area contributed by atoms with Gasteiger partial charge in [0.1, 0.15) is 0 Å². The average Bonchev–Trinajstić information content (AvgIpc) is 2.26. The molecular weight excluding hydrogens is 214 g/mol. The molecule has 0 aromatic carbocycles. The van der Waals surface area contributed by atoms with Crippen molar-refractivity contribution in [3.63, 3.8) is 0 Å². The van der Waals surface area contributed by atoms with Crippen molar-refractivity contribution in [3.8, 4) is 0 Å². The highest BCUT2D eigenvalue weighted by atomic mass is 16.1. The Morgan fingerprint density at radius 3 is 2.71 bits per heavy atom. The standard InChI is InChI=1S/C13H21N3O/c1-5-15-11-6-7-14-8-10(11)12(17)16-9-13(2,3)4/h6-8H,5,9H2,1-4H3,(H,14,15)(H,16,17). The molecular formula is C13H21N3O. The molecule has 0 atom stereocenters. The number of nitrogens with zero attached hydrogens (tertiary/aromatic N) is 1. The van der Waals surface area contributed by atoms with Crippen molar-refractivity contribution in [2.45, 2.75) is 27.7 Å². The lowest BCUT2D eigenvalue weighted by molar-refractivity contribution is 0.0940. The summed E-state index contributed by atoms with van der Waals surface area (Å²) in [6, 6.07) is 1.81. The zero-order chi connectivity index (χ0) is 12.9. The minimum absolute atomic E-state index is 0.0796. The lowest BCUT2D eigenvalue weighted by Crippen LogP contribution is -2.32. The number of anilines is 1. The molecule has 17 heavy (non-hydrogen) atoms. The summed E-state index contributed by atoms with van der Waals surface area (Å²) in [5, 5.41) is 6.07. The summed E-state index contributed by atoms with van der Waals surface area (Å²) in [5.74, 6) is -0.0797. The molecule has 0 saturated heterocycles. The molecule has 0 aliphatic rings. The van der Waals surface area contributed by atoms with Gasteiger partial charge in [0, 0.05) is 25.5 Å². The third kappa shape index (κ3) is 4.43. The highest BCUT2D eigenvalue weighted by Crippen LogP contribution is 2.15. The summed E-state index contributed by atoms with van der Waals surface area (Å²) >= 11 is 0. The van der Waals surface area contributed by atoms with Crippen LogP contribution < -0.4 is 10.6 Å². The summed E-state index contributed by atoms with van der Waals surface area (Å²) in [7, 11) is 0. The van der Waals surface area contributed by atoms with Crippen molar-refractivity contribution in [2.24, 2.45) is 5.41 Å². The van der Waals surface area contributed by atoms with Gasteiger partial charge in [-0.2, -0.15) is 0 Å². The van der Waals surface area contributed by atoms with Gasteiger partial charge in [0.2, 0.25) is 0 Å². The Balaban J connectivity index is 2.74. The first-order valence-electron chi connectivity index (χ1n) is 5.90. The molecule has 0 radical (unpaired) electrons. The van der Waals surface area contributed by atoms with Gasteiger partial charge >= 0.3 is 0 Å². The number of hydrogen-bond donors (Lipinski definition) is 2. The van der Waals surface area contributed by atoms with E-state index in [4.69, 9.17) is 0 Å². The van der Waals surface area contributed by atoms with Gasteiger partial charge in [-0.25, -0.2) is 0 Å². The molecule has 0 aliphatic heterocycles. The third-order valence-electron chi connectivity index (χ3n) is 2.21. The van der Waals surface area contributed by atoms with Gasteiger partial charge in [-0.3, -0.25) is 9.78 Å². The van der Waals surface area contributed by atoms with Crippen LogP contribution in [0, 0.1) is 5.41 Å².